The van der Waals surface area contributed by atoms with Crippen molar-refractivity contribution in [3.05, 3.63) is 17.8 Å². The minimum atomic E-state index is 0.952. The van der Waals surface area contributed by atoms with Crippen LogP contribution in [0.5, 0.6) is 0 Å². The highest BCUT2D eigenvalue weighted by Crippen LogP contribution is 2.17. The molecule has 1 rings (SSSR count). The summed E-state index contributed by atoms with van der Waals surface area (Å²) in [5.74, 6) is 0. The molecule has 0 radical (unpaired) electrons. The number of aromatic nitrogens is 1. The Morgan fingerprint density at radius 3 is 2.45 bits per heavy atom. The van der Waals surface area contributed by atoms with Crippen LogP contribution >= 0.6 is 24.0 Å². The zero-order chi connectivity index (χ0) is 8.43. The zero-order valence-electron chi connectivity index (χ0n) is 6.92. The number of thiocarbonyl (C=S) groups is 1. The fourth-order valence-electron chi connectivity index (χ4n) is 1.05. The van der Waals surface area contributed by atoms with E-state index in [2.05, 4.69) is 23.0 Å². The number of nitrogens with zero attached hydrogens (tertiary/aromatic N) is 1. The highest BCUT2D eigenvalue weighted by Gasteiger charge is 2.03. The first-order chi connectivity index (χ1) is 5.16. The molecule has 0 saturated heterocycles. The lowest BCUT2D eigenvalue weighted by Gasteiger charge is -2.02. The third kappa shape index (κ3) is 1.65. The first-order valence-corrected chi connectivity index (χ1v) is 5.00. The molecule has 0 aliphatic rings. The molecule has 0 N–H and O–H groups in total. The first-order valence-electron chi connectivity index (χ1n) is 3.37. The molecule has 0 amide bonds. The molecule has 3 heteroatoms. The molecular weight excluding hydrogens is 174 g/mol. The van der Waals surface area contributed by atoms with Crippen molar-refractivity contribution in [2.24, 2.45) is 7.05 Å². The van der Waals surface area contributed by atoms with Gasteiger partial charge in [0.05, 0.1) is 10.7 Å². The van der Waals surface area contributed by atoms with E-state index in [9.17, 15) is 0 Å². The molecule has 0 aliphatic heterocycles. The van der Waals surface area contributed by atoms with Gasteiger partial charge in [0, 0.05) is 11.9 Å². The minimum absolute atomic E-state index is 0.952. The van der Waals surface area contributed by atoms with Crippen LogP contribution in [0.4, 0.5) is 0 Å². The maximum atomic E-state index is 5.08. The van der Waals surface area contributed by atoms with Crippen molar-refractivity contribution in [1.29, 1.82) is 0 Å². The van der Waals surface area contributed by atoms with E-state index in [1.165, 1.54) is 5.03 Å². The smallest absolute Gasteiger partial charge is 0.0747 e. The topological polar surface area (TPSA) is 4.93 Å². The summed E-state index contributed by atoms with van der Waals surface area (Å²) in [4.78, 5) is 0.952. The van der Waals surface area contributed by atoms with E-state index in [-0.39, 0.29) is 0 Å². The maximum absolute atomic E-state index is 5.08. The highest BCUT2D eigenvalue weighted by atomic mass is 32.2. The van der Waals surface area contributed by atoms with E-state index in [0.29, 0.717) is 0 Å². The van der Waals surface area contributed by atoms with Gasteiger partial charge in [0.15, 0.2) is 0 Å². The molecule has 0 spiro atoms. The number of thioether (sulfide) groups is 1. The molecule has 1 heterocycles. The SMILES string of the molecule is CSc1ccc(C(C)=S)n1C. The van der Waals surface area contributed by atoms with Gasteiger partial charge in [-0.15, -0.1) is 11.8 Å². The van der Waals surface area contributed by atoms with Crippen molar-refractivity contribution < 1.29 is 0 Å². The monoisotopic (exact) mass is 185 g/mol. The van der Waals surface area contributed by atoms with Crippen molar-refractivity contribution in [1.82, 2.24) is 4.57 Å². The van der Waals surface area contributed by atoms with E-state index in [1.54, 1.807) is 11.8 Å². The third-order valence-electron chi connectivity index (χ3n) is 1.65. The van der Waals surface area contributed by atoms with E-state index in [1.807, 2.05) is 14.0 Å². The molecule has 1 aromatic rings. The normalized spacial score (nSPS) is 10.1. The summed E-state index contributed by atoms with van der Waals surface area (Å²) in [5.41, 5.74) is 1.14. The van der Waals surface area contributed by atoms with Crippen LogP contribution in [0, 0.1) is 0 Å². The largest absolute Gasteiger partial charge is 0.338 e. The third-order valence-corrected chi connectivity index (χ3v) is 2.68. The second-order valence-electron chi connectivity index (χ2n) is 2.38. The van der Waals surface area contributed by atoms with Gasteiger partial charge in [-0.25, -0.2) is 0 Å². The minimum Gasteiger partial charge on any atom is -0.338 e. The molecule has 0 aromatic carbocycles. The standard InChI is InChI=1S/C8H11NS2/c1-6(10)7-4-5-8(11-3)9(7)2/h4-5H,1-3H3. The predicted octanol–water partition coefficient (Wildman–Crippen LogP) is 2.48. The Hall–Kier alpha value is -0.280. The molecular formula is C8H11NS2. The van der Waals surface area contributed by atoms with Gasteiger partial charge in [-0.05, 0) is 25.3 Å². The van der Waals surface area contributed by atoms with Crippen LogP contribution in [0.25, 0.3) is 0 Å². The van der Waals surface area contributed by atoms with E-state index in [4.69, 9.17) is 12.2 Å². The van der Waals surface area contributed by atoms with Crippen molar-refractivity contribution in [3.63, 3.8) is 0 Å². The Balaban J connectivity index is 3.10. The van der Waals surface area contributed by atoms with E-state index >= 15 is 0 Å². The average molecular weight is 185 g/mol. The Morgan fingerprint density at radius 1 is 1.55 bits per heavy atom. The number of hydrogen-bond donors (Lipinski definition) is 0. The van der Waals surface area contributed by atoms with Crippen molar-refractivity contribution in [2.75, 3.05) is 6.26 Å². The highest BCUT2D eigenvalue weighted by molar-refractivity contribution is 7.98. The molecule has 0 bridgehead atoms. The van der Waals surface area contributed by atoms with Crippen molar-refractivity contribution in [2.45, 2.75) is 11.9 Å². The lowest BCUT2D eigenvalue weighted by Crippen LogP contribution is -2.00. The van der Waals surface area contributed by atoms with E-state index < -0.39 is 0 Å². The Morgan fingerprint density at radius 2 is 2.18 bits per heavy atom. The summed E-state index contributed by atoms with van der Waals surface area (Å²) in [6.45, 7) is 1.95. The van der Waals surface area contributed by atoms with Gasteiger partial charge in [0.1, 0.15) is 0 Å². The fraction of sp³-hybridized carbons (Fsp3) is 0.375. The summed E-state index contributed by atoms with van der Waals surface area (Å²) >= 11 is 6.82. The Labute approximate surface area is 76.8 Å². The zero-order valence-corrected chi connectivity index (χ0v) is 8.55. The van der Waals surface area contributed by atoms with Crippen LogP contribution in [0.3, 0.4) is 0 Å². The molecule has 0 unspecified atom stereocenters. The summed E-state index contributed by atoms with van der Waals surface area (Å²) in [5, 5.41) is 1.25. The summed E-state index contributed by atoms with van der Waals surface area (Å²) < 4.78 is 2.12. The first kappa shape index (κ1) is 8.81. The predicted molar refractivity (Wildman–Crippen MR) is 54.6 cm³/mol. The Kier molecular flexibility index (Phi) is 2.73. The van der Waals surface area contributed by atoms with Gasteiger partial charge in [0.25, 0.3) is 0 Å². The van der Waals surface area contributed by atoms with Gasteiger partial charge in [-0.2, -0.15) is 0 Å². The van der Waals surface area contributed by atoms with Gasteiger partial charge in [-0.1, -0.05) is 12.2 Å². The quantitative estimate of drug-likeness (QED) is 0.396. The van der Waals surface area contributed by atoms with Crippen molar-refractivity contribution >= 4 is 28.8 Å². The second kappa shape index (κ2) is 3.41. The molecule has 11 heavy (non-hydrogen) atoms. The summed E-state index contributed by atoms with van der Waals surface area (Å²) in [6.07, 6.45) is 2.07. The van der Waals surface area contributed by atoms with Gasteiger partial charge < -0.3 is 4.57 Å². The second-order valence-corrected chi connectivity index (χ2v) is 3.82. The van der Waals surface area contributed by atoms with Crippen molar-refractivity contribution in [3.8, 4) is 0 Å². The van der Waals surface area contributed by atoms with E-state index in [0.717, 1.165) is 10.6 Å². The molecule has 0 saturated carbocycles. The van der Waals surface area contributed by atoms with Crippen LogP contribution in [-0.2, 0) is 7.05 Å². The molecule has 1 aromatic heterocycles. The summed E-state index contributed by atoms with van der Waals surface area (Å²) in [7, 11) is 2.04. The average Bonchev–Trinajstić information content (AvgIpc) is 2.30. The summed E-state index contributed by atoms with van der Waals surface area (Å²) in [6, 6.07) is 4.16. The van der Waals surface area contributed by atoms with Crippen LogP contribution in [-0.4, -0.2) is 15.7 Å². The van der Waals surface area contributed by atoms with Crippen LogP contribution in [0.15, 0.2) is 17.2 Å². The molecule has 0 aliphatic carbocycles. The van der Waals surface area contributed by atoms with Crippen LogP contribution < -0.4 is 0 Å². The van der Waals surface area contributed by atoms with Crippen LogP contribution in [0.1, 0.15) is 12.6 Å². The maximum Gasteiger partial charge on any atom is 0.0747 e. The number of hydrogen-bond acceptors (Lipinski definition) is 2. The molecule has 60 valence electrons. The van der Waals surface area contributed by atoms with Gasteiger partial charge in [-0.3, -0.25) is 0 Å². The van der Waals surface area contributed by atoms with Gasteiger partial charge in [0.2, 0.25) is 0 Å². The fourth-order valence-corrected chi connectivity index (χ4v) is 1.83. The molecule has 0 atom stereocenters. The number of rotatable bonds is 2. The lowest BCUT2D eigenvalue weighted by atomic mass is 10.3. The van der Waals surface area contributed by atoms with Gasteiger partial charge >= 0.3 is 0 Å². The molecule has 0 fully saturated rings. The van der Waals surface area contributed by atoms with Crippen LogP contribution in [0.2, 0.25) is 0 Å². The lowest BCUT2D eigenvalue weighted by molar-refractivity contribution is 0.822. The Bertz CT molecular complexity index is 276. The molecule has 1 nitrogen and oxygen atoms in total.